The summed E-state index contributed by atoms with van der Waals surface area (Å²) >= 11 is 6.33. The van der Waals surface area contributed by atoms with Gasteiger partial charge in [-0.1, -0.05) is 29.8 Å². The molecule has 39 heavy (non-hydrogen) atoms. The summed E-state index contributed by atoms with van der Waals surface area (Å²) in [5.41, 5.74) is 5.35. The molecular formula is C30H21ClN4O4. The number of carbonyl (C=O) groups excluding carboxylic acids is 2. The van der Waals surface area contributed by atoms with Gasteiger partial charge in [0, 0.05) is 34.2 Å². The van der Waals surface area contributed by atoms with Crippen molar-refractivity contribution in [2.24, 2.45) is 0 Å². The number of anilines is 1. The zero-order valence-electron chi connectivity index (χ0n) is 20.9. The van der Waals surface area contributed by atoms with Crippen LogP contribution in [0.15, 0.2) is 60.9 Å². The molecule has 0 fully saturated rings. The van der Waals surface area contributed by atoms with E-state index in [0.717, 1.165) is 23.6 Å². The number of aromatic nitrogens is 2. The molecule has 0 bridgehead atoms. The molecular weight excluding hydrogens is 516 g/mol. The number of benzene rings is 2. The maximum absolute atomic E-state index is 12.8. The Kier molecular flexibility index (Phi) is 7.94. The number of nitrogens with zero attached hydrogens (tertiary/aromatic N) is 3. The Hall–Kier alpha value is -5.13. The number of aryl methyl sites for hydroxylation is 1. The van der Waals surface area contributed by atoms with Gasteiger partial charge in [-0.3, -0.25) is 19.6 Å². The van der Waals surface area contributed by atoms with E-state index in [1.165, 1.54) is 12.1 Å². The highest BCUT2D eigenvalue weighted by Crippen LogP contribution is 2.32. The number of hydrogen-bond donors (Lipinski definition) is 2. The molecule has 2 heterocycles. The van der Waals surface area contributed by atoms with Gasteiger partial charge in [-0.15, -0.1) is 0 Å². The van der Waals surface area contributed by atoms with Crippen molar-refractivity contribution < 1.29 is 19.5 Å². The molecule has 2 aromatic heterocycles. The van der Waals surface area contributed by atoms with E-state index in [-0.39, 0.29) is 11.3 Å². The minimum Gasteiger partial charge on any atom is -0.478 e. The molecule has 192 valence electrons. The number of aromatic carboxylic acids is 1. The predicted molar refractivity (Wildman–Crippen MR) is 149 cm³/mol. The first-order valence-corrected chi connectivity index (χ1v) is 12.0. The van der Waals surface area contributed by atoms with Gasteiger partial charge >= 0.3 is 5.97 Å². The van der Waals surface area contributed by atoms with Gasteiger partial charge in [0.1, 0.15) is 18.0 Å². The molecule has 2 aromatic carbocycles. The van der Waals surface area contributed by atoms with Crippen molar-refractivity contribution in [1.29, 1.82) is 5.26 Å². The average Bonchev–Trinajstić information content (AvgIpc) is 2.94. The second-order valence-corrected chi connectivity index (χ2v) is 8.99. The maximum Gasteiger partial charge on any atom is 0.337 e. The molecule has 0 saturated heterocycles. The summed E-state index contributed by atoms with van der Waals surface area (Å²) in [6.07, 6.45) is 6.89. The Balaban J connectivity index is 1.67. The van der Waals surface area contributed by atoms with E-state index < -0.39 is 11.9 Å². The highest BCUT2D eigenvalue weighted by molar-refractivity contribution is 6.32. The van der Waals surface area contributed by atoms with E-state index in [4.69, 9.17) is 16.7 Å². The molecule has 0 aliphatic carbocycles. The lowest BCUT2D eigenvalue weighted by Gasteiger charge is -2.14. The molecule has 1 amide bonds. The van der Waals surface area contributed by atoms with Crippen LogP contribution in [0.1, 0.15) is 59.2 Å². The smallest absolute Gasteiger partial charge is 0.337 e. The number of nitrogens with one attached hydrogen (secondary N) is 1. The van der Waals surface area contributed by atoms with Crippen LogP contribution in [0.3, 0.4) is 0 Å². The summed E-state index contributed by atoms with van der Waals surface area (Å²) < 4.78 is 0. The number of rotatable bonds is 7. The number of nitriles is 1. The summed E-state index contributed by atoms with van der Waals surface area (Å²) in [5, 5.41) is 22.3. The lowest BCUT2D eigenvalue weighted by molar-refractivity contribution is 0.0695. The highest BCUT2D eigenvalue weighted by Gasteiger charge is 2.16. The van der Waals surface area contributed by atoms with Crippen molar-refractivity contribution in [1.82, 2.24) is 9.97 Å². The fourth-order valence-corrected chi connectivity index (χ4v) is 4.23. The summed E-state index contributed by atoms with van der Waals surface area (Å²) in [7, 11) is 0. The van der Waals surface area contributed by atoms with Gasteiger partial charge in [0.25, 0.3) is 5.91 Å². The summed E-state index contributed by atoms with van der Waals surface area (Å²) in [6.45, 7) is 3.63. The third kappa shape index (κ3) is 5.74. The molecule has 0 atom stereocenters. The molecule has 2 N–H and O–H groups in total. The van der Waals surface area contributed by atoms with Crippen LogP contribution in [0.5, 0.6) is 0 Å². The number of amides is 1. The molecule has 0 radical (unpaired) electrons. The highest BCUT2D eigenvalue weighted by atomic mass is 35.5. The van der Waals surface area contributed by atoms with Crippen LogP contribution in [-0.4, -0.2) is 33.2 Å². The van der Waals surface area contributed by atoms with E-state index in [2.05, 4.69) is 21.4 Å². The second kappa shape index (κ2) is 11.5. The van der Waals surface area contributed by atoms with Gasteiger partial charge in [-0.25, -0.2) is 4.79 Å². The molecule has 0 spiro atoms. The van der Waals surface area contributed by atoms with E-state index >= 15 is 0 Å². The van der Waals surface area contributed by atoms with Crippen LogP contribution in [0.4, 0.5) is 5.69 Å². The summed E-state index contributed by atoms with van der Waals surface area (Å²) in [6, 6.07) is 15.3. The Morgan fingerprint density at radius 3 is 2.49 bits per heavy atom. The van der Waals surface area contributed by atoms with E-state index in [0.29, 0.717) is 44.2 Å². The van der Waals surface area contributed by atoms with Crippen molar-refractivity contribution in [3.8, 4) is 17.2 Å². The lowest BCUT2D eigenvalue weighted by Crippen LogP contribution is -2.15. The Labute approximate surface area is 229 Å². The first-order chi connectivity index (χ1) is 18.7. The van der Waals surface area contributed by atoms with Gasteiger partial charge in [0.2, 0.25) is 0 Å². The molecule has 0 unspecified atom stereocenters. The predicted octanol–water partition coefficient (Wildman–Crippen LogP) is 6.22. The molecule has 0 aliphatic heterocycles. The monoisotopic (exact) mass is 536 g/mol. The van der Waals surface area contributed by atoms with Crippen LogP contribution < -0.4 is 5.32 Å². The molecule has 9 heteroatoms. The van der Waals surface area contributed by atoms with Crippen LogP contribution in [-0.2, 0) is 0 Å². The van der Waals surface area contributed by atoms with Gasteiger partial charge in [-0.05, 0) is 78.6 Å². The third-order valence-corrected chi connectivity index (χ3v) is 6.47. The van der Waals surface area contributed by atoms with Crippen molar-refractivity contribution in [2.75, 3.05) is 5.32 Å². The molecule has 0 saturated carbocycles. The number of carboxylic acids is 1. The fourth-order valence-electron chi connectivity index (χ4n) is 3.99. The Bertz CT molecular complexity index is 1690. The average molecular weight is 537 g/mol. The lowest BCUT2D eigenvalue weighted by atomic mass is 9.94. The van der Waals surface area contributed by atoms with Crippen LogP contribution in [0.25, 0.3) is 23.3 Å². The van der Waals surface area contributed by atoms with Gasteiger partial charge in [-0.2, -0.15) is 5.26 Å². The van der Waals surface area contributed by atoms with Crippen LogP contribution in [0.2, 0.25) is 5.02 Å². The number of pyridine rings is 2. The minimum atomic E-state index is -1.13. The summed E-state index contributed by atoms with van der Waals surface area (Å²) in [4.78, 5) is 43.3. The zero-order valence-corrected chi connectivity index (χ0v) is 21.7. The molecule has 4 rings (SSSR count). The van der Waals surface area contributed by atoms with Gasteiger partial charge in [0.05, 0.1) is 16.8 Å². The fraction of sp³-hybridized carbons (Fsp3) is 0.0667. The Morgan fingerprint density at radius 2 is 1.82 bits per heavy atom. The van der Waals surface area contributed by atoms with E-state index in [1.807, 2.05) is 19.9 Å². The zero-order chi connectivity index (χ0) is 28.1. The van der Waals surface area contributed by atoms with E-state index in [1.54, 1.807) is 48.7 Å². The number of aldehydes is 1. The van der Waals surface area contributed by atoms with Crippen molar-refractivity contribution in [2.45, 2.75) is 13.8 Å². The molecule has 0 aliphatic rings. The second-order valence-electron chi connectivity index (χ2n) is 8.58. The first kappa shape index (κ1) is 26.9. The van der Waals surface area contributed by atoms with Crippen LogP contribution in [0, 0.1) is 25.2 Å². The van der Waals surface area contributed by atoms with Crippen molar-refractivity contribution in [3.05, 3.63) is 111 Å². The largest absolute Gasteiger partial charge is 0.478 e. The maximum atomic E-state index is 12.8. The van der Waals surface area contributed by atoms with E-state index in [9.17, 15) is 19.6 Å². The number of hydrogen-bond acceptors (Lipinski definition) is 6. The quantitative estimate of drug-likeness (QED) is 0.268. The van der Waals surface area contributed by atoms with Crippen molar-refractivity contribution >= 4 is 47.6 Å². The first-order valence-electron chi connectivity index (χ1n) is 11.7. The van der Waals surface area contributed by atoms with Crippen molar-refractivity contribution in [3.63, 3.8) is 0 Å². The molecule has 4 aromatic rings. The number of halogens is 1. The minimum absolute atomic E-state index is 0.0216. The van der Waals surface area contributed by atoms with Crippen LogP contribution >= 0.6 is 11.6 Å². The third-order valence-electron chi connectivity index (χ3n) is 6.14. The number of carboxylic acid groups (broad SMARTS) is 1. The van der Waals surface area contributed by atoms with Gasteiger partial charge in [0.15, 0.2) is 0 Å². The topological polar surface area (TPSA) is 133 Å². The number of carbonyl (C=O) groups is 3. The normalized spacial score (nSPS) is 10.7. The Morgan fingerprint density at radius 1 is 1.03 bits per heavy atom. The standard InChI is InChI=1S/C30H21ClN4O4/c1-17-12-19(25(31)13-21(17)16-36)6-8-27-24(14-32)23(10-11-33-27)22-4-3-5-26(18(22)2)35-29(37)28-9-7-20(15-34-28)30(38)39/h3-13,15-16H,1-2H3,(H,35,37)(H,38,39). The van der Waals surface area contributed by atoms with Gasteiger partial charge < -0.3 is 10.4 Å². The SMILES string of the molecule is Cc1cc(C=Cc2nccc(-c3cccc(NC(=O)c4ccc(C(=O)O)cn4)c3C)c2C#N)c(Cl)cc1C=O. The summed E-state index contributed by atoms with van der Waals surface area (Å²) in [5.74, 6) is -1.63. The molecule has 8 nitrogen and oxygen atoms in total.